The SMILES string of the molecule is N#CCC(=O)N1CCC[C@@H](Nc2c(-c3nnco3)cnc3[nH]ccc23)C1. The van der Waals surface area contributed by atoms with Crippen LogP contribution in [0.15, 0.2) is 29.3 Å². The van der Waals surface area contributed by atoms with E-state index in [2.05, 4.69) is 25.5 Å². The Bertz CT molecular complexity index is 957. The maximum atomic E-state index is 12.0. The number of carbonyl (C=O) groups is 1. The molecule has 26 heavy (non-hydrogen) atoms. The first kappa shape index (κ1) is 16.1. The van der Waals surface area contributed by atoms with E-state index in [1.54, 1.807) is 11.1 Å². The second-order valence-corrected chi connectivity index (χ2v) is 6.19. The third-order valence-electron chi connectivity index (χ3n) is 4.53. The van der Waals surface area contributed by atoms with E-state index in [0.717, 1.165) is 35.1 Å². The van der Waals surface area contributed by atoms with E-state index >= 15 is 0 Å². The highest BCUT2D eigenvalue weighted by atomic mass is 16.4. The molecule has 9 heteroatoms. The number of hydrogen-bond donors (Lipinski definition) is 2. The fourth-order valence-corrected chi connectivity index (χ4v) is 3.32. The molecule has 1 aliphatic rings. The van der Waals surface area contributed by atoms with Gasteiger partial charge in [-0.2, -0.15) is 5.26 Å². The molecule has 0 radical (unpaired) electrons. The number of H-pyrrole nitrogens is 1. The summed E-state index contributed by atoms with van der Waals surface area (Å²) >= 11 is 0. The fourth-order valence-electron chi connectivity index (χ4n) is 3.32. The third-order valence-corrected chi connectivity index (χ3v) is 4.53. The number of pyridine rings is 1. The zero-order chi connectivity index (χ0) is 17.9. The summed E-state index contributed by atoms with van der Waals surface area (Å²) in [5.74, 6) is 0.258. The number of likely N-dealkylation sites (tertiary alicyclic amines) is 1. The highest BCUT2D eigenvalue weighted by molar-refractivity contribution is 5.97. The van der Waals surface area contributed by atoms with Crippen LogP contribution in [0.25, 0.3) is 22.5 Å². The van der Waals surface area contributed by atoms with Crippen LogP contribution in [0, 0.1) is 11.3 Å². The van der Waals surface area contributed by atoms with Crippen molar-refractivity contribution in [3.8, 4) is 17.5 Å². The highest BCUT2D eigenvalue weighted by Crippen LogP contribution is 2.33. The van der Waals surface area contributed by atoms with E-state index in [4.69, 9.17) is 9.68 Å². The van der Waals surface area contributed by atoms with Crippen LogP contribution in [0.4, 0.5) is 5.69 Å². The van der Waals surface area contributed by atoms with Gasteiger partial charge in [-0.15, -0.1) is 10.2 Å². The predicted octanol–water partition coefficient (Wildman–Crippen LogP) is 1.93. The molecule has 3 aromatic heterocycles. The molecule has 9 nitrogen and oxygen atoms in total. The number of fused-ring (bicyclic) bond motifs is 1. The van der Waals surface area contributed by atoms with Gasteiger partial charge in [-0.3, -0.25) is 4.79 Å². The molecule has 0 unspecified atom stereocenters. The average molecular weight is 351 g/mol. The molecule has 1 aliphatic heterocycles. The van der Waals surface area contributed by atoms with Crippen LogP contribution >= 0.6 is 0 Å². The van der Waals surface area contributed by atoms with E-state index in [1.807, 2.05) is 18.3 Å². The van der Waals surface area contributed by atoms with Crippen molar-refractivity contribution in [1.82, 2.24) is 25.1 Å². The molecular weight excluding hydrogens is 334 g/mol. The van der Waals surface area contributed by atoms with Crippen molar-refractivity contribution in [3.05, 3.63) is 24.9 Å². The molecule has 0 aliphatic carbocycles. The van der Waals surface area contributed by atoms with Crippen LogP contribution < -0.4 is 5.32 Å². The van der Waals surface area contributed by atoms with Gasteiger partial charge in [0, 0.05) is 36.9 Å². The van der Waals surface area contributed by atoms with Crippen LogP contribution in [0.2, 0.25) is 0 Å². The molecule has 0 spiro atoms. The van der Waals surface area contributed by atoms with Crippen LogP contribution in [0.3, 0.4) is 0 Å². The van der Waals surface area contributed by atoms with Gasteiger partial charge in [-0.1, -0.05) is 0 Å². The fraction of sp³-hybridized carbons (Fsp3) is 0.353. The number of carbonyl (C=O) groups excluding carboxylic acids is 1. The molecule has 1 amide bonds. The zero-order valence-electron chi connectivity index (χ0n) is 14.0. The molecule has 132 valence electrons. The minimum atomic E-state index is -0.127. The van der Waals surface area contributed by atoms with Crippen molar-refractivity contribution in [1.29, 1.82) is 5.26 Å². The van der Waals surface area contributed by atoms with E-state index in [9.17, 15) is 4.79 Å². The van der Waals surface area contributed by atoms with Crippen molar-refractivity contribution in [2.75, 3.05) is 18.4 Å². The van der Waals surface area contributed by atoms with Crippen LogP contribution in [0.5, 0.6) is 0 Å². The number of hydrogen-bond acceptors (Lipinski definition) is 7. The quantitative estimate of drug-likeness (QED) is 0.736. The molecule has 4 rings (SSSR count). The Balaban J connectivity index is 1.64. The topological polar surface area (TPSA) is 124 Å². The van der Waals surface area contributed by atoms with Gasteiger partial charge in [0.2, 0.25) is 12.3 Å². The number of nitrogens with one attached hydrogen (secondary N) is 2. The van der Waals surface area contributed by atoms with E-state index in [1.165, 1.54) is 6.39 Å². The lowest BCUT2D eigenvalue weighted by Gasteiger charge is -2.33. The lowest BCUT2D eigenvalue weighted by Crippen LogP contribution is -2.45. The van der Waals surface area contributed by atoms with Gasteiger partial charge >= 0.3 is 0 Å². The lowest BCUT2D eigenvalue weighted by molar-refractivity contribution is -0.131. The maximum Gasteiger partial charge on any atom is 0.251 e. The summed E-state index contributed by atoms with van der Waals surface area (Å²) in [4.78, 5) is 21.3. The Hall–Kier alpha value is -3.41. The average Bonchev–Trinajstić information content (AvgIpc) is 3.34. The molecule has 0 aromatic carbocycles. The number of anilines is 1. The zero-order valence-corrected chi connectivity index (χ0v) is 14.0. The van der Waals surface area contributed by atoms with Gasteiger partial charge in [-0.05, 0) is 18.9 Å². The van der Waals surface area contributed by atoms with Crippen LogP contribution in [0.1, 0.15) is 19.3 Å². The summed E-state index contributed by atoms with van der Waals surface area (Å²) in [5.41, 5.74) is 2.32. The predicted molar refractivity (Wildman–Crippen MR) is 92.8 cm³/mol. The Morgan fingerprint density at radius 2 is 2.46 bits per heavy atom. The summed E-state index contributed by atoms with van der Waals surface area (Å²) < 4.78 is 5.35. The normalized spacial score (nSPS) is 17.2. The smallest absolute Gasteiger partial charge is 0.251 e. The van der Waals surface area contributed by atoms with E-state index < -0.39 is 0 Å². The van der Waals surface area contributed by atoms with Crippen molar-refractivity contribution in [2.45, 2.75) is 25.3 Å². The number of amides is 1. The first-order valence-electron chi connectivity index (χ1n) is 8.40. The van der Waals surface area contributed by atoms with Crippen molar-refractivity contribution < 1.29 is 9.21 Å². The van der Waals surface area contributed by atoms with Crippen molar-refractivity contribution >= 4 is 22.6 Å². The van der Waals surface area contributed by atoms with Crippen molar-refractivity contribution in [2.24, 2.45) is 0 Å². The summed E-state index contributed by atoms with van der Waals surface area (Å²) in [7, 11) is 0. The van der Waals surface area contributed by atoms with E-state index in [-0.39, 0.29) is 18.4 Å². The molecule has 0 saturated carbocycles. The monoisotopic (exact) mass is 351 g/mol. The first-order chi connectivity index (χ1) is 12.8. The molecule has 4 heterocycles. The Morgan fingerprint density at radius 3 is 3.27 bits per heavy atom. The molecule has 1 fully saturated rings. The van der Waals surface area contributed by atoms with Gasteiger partial charge in [-0.25, -0.2) is 4.98 Å². The van der Waals surface area contributed by atoms with Crippen molar-refractivity contribution in [3.63, 3.8) is 0 Å². The Morgan fingerprint density at radius 1 is 1.54 bits per heavy atom. The molecule has 1 atom stereocenters. The number of piperidine rings is 1. The number of rotatable bonds is 4. The van der Waals surface area contributed by atoms with E-state index in [0.29, 0.717) is 19.0 Å². The molecular formula is C17H17N7O2. The van der Waals surface area contributed by atoms with Crippen LogP contribution in [-0.4, -0.2) is 50.1 Å². The maximum absolute atomic E-state index is 12.0. The first-order valence-corrected chi connectivity index (χ1v) is 8.40. The molecule has 1 saturated heterocycles. The van der Waals surface area contributed by atoms with Gasteiger partial charge in [0.1, 0.15) is 12.1 Å². The molecule has 3 aromatic rings. The Labute approximate surface area is 149 Å². The Kier molecular flexibility index (Phi) is 4.23. The van der Waals surface area contributed by atoms with Gasteiger partial charge in [0.05, 0.1) is 17.3 Å². The van der Waals surface area contributed by atoms with Gasteiger partial charge in [0.25, 0.3) is 5.89 Å². The molecule has 2 N–H and O–H groups in total. The standard InChI is InChI=1S/C17H17N7O2/c18-5-3-14(25)24-7-1-2-11(9-24)22-15-12-4-6-19-16(12)20-8-13(15)17-23-21-10-26-17/h4,6,8,10-11H,1-3,7,9H2,(H2,19,20,22)/t11-/m1/s1. The number of nitrogens with zero attached hydrogens (tertiary/aromatic N) is 5. The number of aromatic amines is 1. The minimum absolute atomic E-state index is 0.0635. The summed E-state index contributed by atoms with van der Waals surface area (Å²) in [5, 5.41) is 20.9. The highest BCUT2D eigenvalue weighted by Gasteiger charge is 2.25. The number of nitriles is 1. The van der Waals surface area contributed by atoms with Crippen LogP contribution in [-0.2, 0) is 4.79 Å². The minimum Gasteiger partial charge on any atom is -0.423 e. The largest absolute Gasteiger partial charge is 0.423 e. The second kappa shape index (κ2) is 6.84. The van der Waals surface area contributed by atoms with Gasteiger partial charge < -0.3 is 19.6 Å². The summed E-state index contributed by atoms with van der Waals surface area (Å²) in [6.07, 6.45) is 6.51. The third kappa shape index (κ3) is 2.97. The molecule has 0 bridgehead atoms. The summed E-state index contributed by atoms with van der Waals surface area (Å²) in [6.45, 7) is 1.24. The second-order valence-electron chi connectivity index (χ2n) is 6.19. The lowest BCUT2D eigenvalue weighted by atomic mass is 10.0. The summed E-state index contributed by atoms with van der Waals surface area (Å²) in [6, 6.07) is 3.93. The van der Waals surface area contributed by atoms with Gasteiger partial charge in [0.15, 0.2) is 0 Å². The number of aromatic nitrogens is 4.